The summed E-state index contributed by atoms with van der Waals surface area (Å²) in [5.74, 6) is 0.376. The van der Waals surface area contributed by atoms with Gasteiger partial charge >= 0.3 is 0 Å². The third kappa shape index (κ3) is 4.95. The van der Waals surface area contributed by atoms with Crippen LogP contribution in [0.15, 0.2) is 36.4 Å². The van der Waals surface area contributed by atoms with Gasteiger partial charge in [0.05, 0.1) is 11.4 Å². The van der Waals surface area contributed by atoms with Gasteiger partial charge in [-0.25, -0.2) is 4.68 Å². The van der Waals surface area contributed by atoms with Crippen LogP contribution in [0.3, 0.4) is 0 Å². The van der Waals surface area contributed by atoms with Crippen molar-refractivity contribution in [2.75, 3.05) is 26.2 Å². The summed E-state index contributed by atoms with van der Waals surface area (Å²) in [6.07, 6.45) is 9.76. The van der Waals surface area contributed by atoms with Crippen LogP contribution in [0.25, 0.3) is 11.8 Å². The predicted molar refractivity (Wildman–Crippen MR) is 126 cm³/mol. The van der Waals surface area contributed by atoms with Crippen LogP contribution < -0.4 is 0 Å². The fourth-order valence-corrected chi connectivity index (χ4v) is 4.87. The lowest BCUT2D eigenvalue weighted by Gasteiger charge is -2.33. The molecular formula is C26H34N4O2. The fourth-order valence-electron chi connectivity index (χ4n) is 4.87. The van der Waals surface area contributed by atoms with Gasteiger partial charge < -0.3 is 9.80 Å². The number of piperidine rings is 1. The molecule has 32 heavy (non-hydrogen) atoms. The first-order valence-electron chi connectivity index (χ1n) is 11.9. The van der Waals surface area contributed by atoms with Gasteiger partial charge in [0.25, 0.3) is 0 Å². The highest BCUT2D eigenvalue weighted by Gasteiger charge is 2.30. The number of para-hydroxylation sites is 1. The van der Waals surface area contributed by atoms with E-state index in [1.807, 2.05) is 59.8 Å². The standard InChI is InChI=1S/C26H34N4O2/c1-20-24(21(2)30(27-20)23-10-6-5-7-11-23)12-13-25(31)28-18-14-22(15-19-28)26(32)29-16-8-3-4-9-17-29/h5-7,10-13,22H,3-4,8-9,14-19H2,1-2H3. The van der Waals surface area contributed by atoms with Crippen molar-refractivity contribution in [2.24, 2.45) is 5.92 Å². The molecular weight excluding hydrogens is 400 g/mol. The zero-order chi connectivity index (χ0) is 22.5. The third-order valence-electron chi connectivity index (χ3n) is 6.81. The number of likely N-dealkylation sites (tertiary alicyclic amines) is 2. The Kier molecular flexibility index (Phi) is 7.08. The number of aromatic nitrogens is 2. The van der Waals surface area contributed by atoms with Crippen LogP contribution in [-0.2, 0) is 9.59 Å². The first-order valence-corrected chi connectivity index (χ1v) is 11.9. The van der Waals surface area contributed by atoms with Crippen molar-refractivity contribution in [3.05, 3.63) is 53.4 Å². The van der Waals surface area contributed by atoms with Crippen LogP contribution in [-0.4, -0.2) is 57.6 Å². The highest BCUT2D eigenvalue weighted by atomic mass is 16.2. The Morgan fingerprint density at radius 3 is 2.22 bits per heavy atom. The first-order chi connectivity index (χ1) is 15.5. The summed E-state index contributed by atoms with van der Waals surface area (Å²) in [4.78, 5) is 29.6. The highest BCUT2D eigenvalue weighted by molar-refractivity contribution is 5.92. The molecule has 2 aliphatic rings. The second kappa shape index (κ2) is 10.2. The molecule has 0 spiro atoms. The number of hydrogen-bond acceptors (Lipinski definition) is 3. The second-order valence-corrected chi connectivity index (χ2v) is 9.00. The van der Waals surface area contributed by atoms with Gasteiger partial charge in [0.15, 0.2) is 0 Å². The lowest BCUT2D eigenvalue weighted by atomic mass is 9.95. The van der Waals surface area contributed by atoms with E-state index in [0.717, 1.165) is 61.4 Å². The molecule has 1 aromatic heterocycles. The minimum atomic E-state index is 0.0110. The molecule has 170 valence electrons. The van der Waals surface area contributed by atoms with E-state index in [1.54, 1.807) is 6.08 Å². The normalized spacial score (nSPS) is 18.2. The monoisotopic (exact) mass is 434 g/mol. The van der Waals surface area contributed by atoms with E-state index < -0.39 is 0 Å². The van der Waals surface area contributed by atoms with Crippen LogP contribution in [0.1, 0.15) is 55.5 Å². The summed E-state index contributed by atoms with van der Waals surface area (Å²) in [5, 5.41) is 4.65. The first kappa shape index (κ1) is 22.3. The van der Waals surface area contributed by atoms with Gasteiger partial charge in [-0.05, 0) is 57.7 Å². The van der Waals surface area contributed by atoms with Crippen molar-refractivity contribution in [2.45, 2.75) is 52.4 Å². The molecule has 0 saturated carbocycles. The summed E-state index contributed by atoms with van der Waals surface area (Å²) >= 11 is 0. The topological polar surface area (TPSA) is 58.4 Å². The molecule has 2 saturated heterocycles. The van der Waals surface area contributed by atoms with Crippen molar-refractivity contribution in [3.63, 3.8) is 0 Å². The minimum Gasteiger partial charge on any atom is -0.342 e. The van der Waals surface area contributed by atoms with Gasteiger partial charge in [-0.1, -0.05) is 31.0 Å². The quantitative estimate of drug-likeness (QED) is 0.680. The van der Waals surface area contributed by atoms with Crippen molar-refractivity contribution in [3.8, 4) is 5.69 Å². The molecule has 0 N–H and O–H groups in total. The molecule has 0 bridgehead atoms. The maximum atomic E-state index is 12.9. The van der Waals surface area contributed by atoms with E-state index in [1.165, 1.54) is 12.8 Å². The van der Waals surface area contributed by atoms with Crippen LogP contribution in [0.5, 0.6) is 0 Å². The van der Waals surface area contributed by atoms with E-state index in [0.29, 0.717) is 19.0 Å². The summed E-state index contributed by atoms with van der Waals surface area (Å²) < 4.78 is 1.92. The fraction of sp³-hybridized carbons (Fsp3) is 0.500. The van der Waals surface area contributed by atoms with E-state index in [2.05, 4.69) is 10.00 Å². The maximum Gasteiger partial charge on any atom is 0.246 e. The number of carbonyl (C=O) groups excluding carboxylic acids is 2. The largest absolute Gasteiger partial charge is 0.342 e. The van der Waals surface area contributed by atoms with Gasteiger partial charge in [-0.3, -0.25) is 9.59 Å². The van der Waals surface area contributed by atoms with Gasteiger partial charge in [0.2, 0.25) is 11.8 Å². The number of hydrogen-bond donors (Lipinski definition) is 0. The number of nitrogens with zero attached hydrogens (tertiary/aromatic N) is 4. The Morgan fingerprint density at radius 2 is 1.56 bits per heavy atom. The van der Waals surface area contributed by atoms with Crippen LogP contribution >= 0.6 is 0 Å². The number of benzene rings is 1. The lowest BCUT2D eigenvalue weighted by Crippen LogP contribution is -2.44. The second-order valence-electron chi connectivity index (χ2n) is 9.00. The van der Waals surface area contributed by atoms with Crippen LogP contribution in [0.4, 0.5) is 0 Å². The molecule has 6 heteroatoms. The van der Waals surface area contributed by atoms with Crippen molar-refractivity contribution in [1.82, 2.24) is 19.6 Å². The molecule has 3 heterocycles. The smallest absolute Gasteiger partial charge is 0.246 e. The van der Waals surface area contributed by atoms with Gasteiger partial charge in [0, 0.05) is 49.4 Å². The molecule has 1 aromatic carbocycles. The minimum absolute atomic E-state index is 0.0110. The Balaban J connectivity index is 1.35. The zero-order valence-electron chi connectivity index (χ0n) is 19.3. The Labute approximate surface area is 190 Å². The Hall–Kier alpha value is -2.89. The average molecular weight is 435 g/mol. The summed E-state index contributed by atoms with van der Waals surface area (Å²) in [5.41, 5.74) is 3.90. The van der Waals surface area contributed by atoms with Crippen LogP contribution in [0.2, 0.25) is 0 Å². The average Bonchev–Trinajstić information content (AvgIpc) is 3.00. The molecule has 2 fully saturated rings. The Bertz CT molecular complexity index is 963. The lowest BCUT2D eigenvalue weighted by molar-refractivity contribution is -0.139. The van der Waals surface area contributed by atoms with Gasteiger partial charge in [-0.2, -0.15) is 5.10 Å². The summed E-state index contributed by atoms with van der Waals surface area (Å²) in [7, 11) is 0. The molecule has 6 nitrogen and oxygen atoms in total. The van der Waals surface area contributed by atoms with Gasteiger partial charge in [0.1, 0.15) is 0 Å². The van der Waals surface area contributed by atoms with E-state index in [9.17, 15) is 9.59 Å². The van der Waals surface area contributed by atoms with Crippen molar-refractivity contribution >= 4 is 17.9 Å². The highest BCUT2D eigenvalue weighted by Crippen LogP contribution is 2.23. The molecule has 0 aliphatic carbocycles. The molecule has 2 amide bonds. The van der Waals surface area contributed by atoms with E-state index in [-0.39, 0.29) is 11.8 Å². The predicted octanol–water partition coefficient (Wildman–Crippen LogP) is 4.14. The zero-order valence-corrected chi connectivity index (χ0v) is 19.3. The molecule has 0 atom stereocenters. The number of rotatable bonds is 4. The molecule has 2 aliphatic heterocycles. The maximum absolute atomic E-state index is 12.9. The Morgan fingerprint density at radius 1 is 0.906 bits per heavy atom. The number of amides is 2. The number of carbonyl (C=O) groups is 2. The van der Waals surface area contributed by atoms with Gasteiger partial charge in [-0.15, -0.1) is 0 Å². The molecule has 0 radical (unpaired) electrons. The van der Waals surface area contributed by atoms with Crippen LogP contribution in [0, 0.1) is 19.8 Å². The SMILES string of the molecule is Cc1nn(-c2ccccc2)c(C)c1C=CC(=O)N1CCC(C(=O)N2CCCCCC2)CC1. The van der Waals surface area contributed by atoms with Crippen molar-refractivity contribution in [1.29, 1.82) is 0 Å². The number of aryl methyl sites for hydroxylation is 1. The molecule has 4 rings (SSSR count). The molecule has 2 aromatic rings. The van der Waals surface area contributed by atoms with E-state index in [4.69, 9.17) is 0 Å². The summed E-state index contributed by atoms with van der Waals surface area (Å²) in [6, 6.07) is 10.0. The molecule has 0 unspecified atom stereocenters. The van der Waals surface area contributed by atoms with Crippen molar-refractivity contribution < 1.29 is 9.59 Å². The third-order valence-corrected chi connectivity index (χ3v) is 6.81. The van der Waals surface area contributed by atoms with E-state index >= 15 is 0 Å². The summed E-state index contributed by atoms with van der Waals surface area (Å²) in [6.45, 7) is 7.09.